The van der Waals surface area contributed by atoms with Gasteiger partial charge >= 0.3 is 18.2 Å². The molecule has 2 amide bonds. The minimum Gasteiger partial charge on any atom is -0.491 e. The highest BCUT2D eigenvalue weighted by molar-refractivity contribution is 6.06. The summed E-state index contributed by atoms with van der Waals surface area (Å²) in [4.78, 5) is 32.2. The maximum Gasteiger partial charge on any atom is 0.428 e. The van der Waals surface area contributed by atoms with Crippen molar-refractivity contribution in [3.8, 4) is 17.6 Å². The summed E-state index contributed by atoms with van der Waals surface area (Å²) in [5.41, 5.74) is 0.583. The van der Waals surface area contributed by atoms with Crippen LogP contribution in [0.1, 0.15) is 66.0 Å². The highest BCUT2D eigenvalue weighted by Gasteiger charge is 2.47. The number of hydrogen-bond donors (Lipinski definition) is 0. The molecule has 1 aliphatic carbocycles. The lowest BCUT2D eigenvalue weighted by atomic mass is 9.87. The standard InChI is InChI=1S/C35H44N2O8/c1-24-11-9-12-25(13-10-16-40-8)20-27(19-24)26-14-15-29-28(21-26)35(22-41-17-18-42-29)23-43-30(36-35)37(31(38)44-33(2,3)4)32(39)45-34(5,6)7/h9,12,14-15,19-21,24H,11,16-18,22-23H2,1-8H3. The Morgan fingerprint density at radius 3 is 2.42 bits per heavy atom. The van der Waals surface area contributed by atoms with Crippen LogP contribution in [0.5, 0.6) is 5.75 Å². The zero-order valence-corrected chi connectivity index (χ0v) is 27.5. The first-order chi connectivity index (χ1) is 21.2. The van der Waals surface area contributed by atoms with Gasteiger partial charge in [0.05, 0.1) is 13.2 Å². The Hall–Kier alpha value is -4.07. The van der Waals surface area contributed by atoms with Crippen molar-refractivity contribution in [1.29, 1.82) is 0 Å². The van der Waals surface area contributed by atoms with E-state index in [1.165, 1.54) is 0 Å². The van der Waals surface area contributed by atoms with Gasteiger partial charge in [0, 0.05) is 18.2 Å². The lowest BCUT2D eigenvalue weighted by molar-refractivity contribution is 0.0102. The molecule has 0 bridgehead atoms. The van der Waals surface area contributed by atoms with Crippen LogP contribution in [-0.4, -0.2) is 74.5 Å². The van der Waals surface area contributed by atoms with Gasteiger partial charge in [0.1, 0.15) is 36.8 Å². The summed E-state index contributed by atoms with van der Waals surface area (Å²) in [6, 6.07) is 5.68. The van der Waals surface area contributed by atoms with Gasteiger partial charge in [0.15, 0.2) is 5.54 Å². The topological polar surface area (TPSA) is 105 Å². The summed E-state index contributed by atoms with van der Waals surface area (Å²) in [5.74, 6) is 7.11. The van der Waals surface area contributed by atoms with Gasteiger partial charge < -0.3 is 28.4 Å². The van der Waals surface area contributed by atoms with Crippen molar-refractivity contribution in [2.24, 2.45) is 10.9 Å². The normalized spacial score (nSPS) is 21.5. The van der Waals surface area contributed by atoms with Gasteiger partial charge in [-0.15, -0.1) is 4.90 Å². The van der Waals surface area contributed by atoms with Crippen LogP contribution < -0.4 is 4.74 Å². The third-order valence-electron chi connectivity index (χ3n) is 6.76. The van der Waals surface area contributed by atoms with E-state index in [1.54, 1.807) is 48.7 Å². The Labute approximate surface area is 266 Å². The van der Waals surface area contributed by atoms with Gasteiger partial charge in [-0.1, -0.05) is 43.1 Å². The number of methoxy groups -OCH3 is 1. The lowest BCUT2D eigenvalue weighted by Crippen LogP contribution is -2.47. The molecule has 1 aromatic carbocycles. The fourth-order valence-corrected chi connectivity index (χ4v) is 4.85. The Morgan fingerprint density at radius 1 is 1.04 bits per heavy atom. The maximum absolute atomic E-state index is 13.3. The molecule has 2 heterocycles. The number of ether oxygens (including phenoxy) is 6. The number of benzene rings is 1. The zero-order chi connectivity index (χ0) is 32.8. The summed E-state index contributed by atoms with van der Waals surface area (Å²) in [5, 5.41) is 0. The minimum atomic E-state index is -1.12. The summed E-state index contributed by atoms with van der Waals surface area (Å²) in [7, 11) is 1.62. The van der Waals surface area contributed by atoms with Crippen molar-refractivity contribution in [2.75, 3.05) is 40.1 Å². The molecule has 10 heteroatoms. The SMILES string of the molecule is COCC#CC1=CC(c2ccc3c(c2)C2(COCCO3)COC(N(C(=O)OC(C)(C)C)C(=O)OC(C)(C)C)=N2)=CC(C)CC=C1. The molecule has 4 rings (SSSR count). The first-order valence-electron chi connectivity index (χ1n) is 15.1. The fraction of sp³-hybridized carbons (Fsp3) is 0.514. The average Bonchev–Trinajstić information content (AvgIpc) is 3.33. The summed E-state index contributed by atoms with van der Waals surface area (Å²) in [6.07, 6.45) is 7.36. The number of amides is 2. The Bertz CT molecular complexity index is 1440. The van der Waals surface area contributed by atoms with Crippen molar-refractivity contribution in [2.45, 2.75) is 71.6 Å². The van der Waals surface area contributed by atoms with E-state index in [4.69, 9.17) is 33.4 Å². The number of fused-ring (bicyclic) bond motifs is 2. The van der Waals surface area contributed by atoms with E-state index >= 15 is 0 Å². The molecule has 2 aliphatic heterocycles. The average molecular weight is 621 g/mol. The third-order valence-corrected chi connectivity index (χ3v) is 6.76. The molecular weight excluding hydrogens is 576 g/mol. The van der Waals surface area contributed by atoms with Crippen LogP contribution >= 0.6 is 0 Å². The molecule has 3 aliphatic rings. The molecule has 45 heavy (non-hydrogen) atoms. The summed E-state index contributed by atoms with van der Waals surface area (Å²) in [6.45, 7) is 13.5. The van der Waals surface area contributed by atoms with Crippen LogP contribution in [0.3, 0.4) is 0 Å². The lowest BCUT2D eigenvalue weighted by Gasteiger charge is -2.29. The van der Waals surface area contributed by atoms with Gasteiger partial charge in [-0.2, -0.15) is 0 Å². The Balaban J connectivity index is 1.82. The van der Waals surface area contributed by atoms with Crippen LogP contribution in [0.15, 0.2) is 53.1 Å². The van der Waals surface area contributed by atoms with Crippen molar-refractivity contribution in [1.82, 2.24) is 4.90 Å². The molecule has 242 valence electrons. The highest BCUT2D eigenvalue weighted by Crippen LogP contribution is 2.41. The van der Waals surface area contributed by atoms with E-state index in [2.05, 4.69) is 37.0 Å². The van der Waals surface area contributed by atoms with Crippen molar-refractivity contribution >= 4 is 23.8 Å². The predicted molar refractivity (Wildman–Crippen MR) is 171 cm³/mol. The minimum absolute atomic E-state index is 0.00792. The molecule has 0 radical (unpaired) electrons. The van der Waals surface area contributed by atoms with E-state index < -0.39 is 28.9 Å². The number of carbonyl (C=O) groups is 2. The second kappa shape index (κ2) is 13.9. The van der Waals surface area contributed by atoms with E-state index in [1.807, 2.05) is 24.3 Å². The van der Waals surface area contributed by atoms with E-state index in [0.29, 0.717) is 36.0 Å². The van der Waals surface area contributed by atoms with E-state index in [-0.39, 0.29) is 25.2 Å². The molecule has 1 spiro atoms. The van der Waals surface area contributed by atoms with Crippen molar-refractivity contribution in [3.05, 3.63) is 59.2 Å². The largest absolute Gasteiger partial charge is 0.491 e. The predicted octanol–water partition coefficient (Wildman–Crippen LogP) is 6.40. The maximum atomic E-state index is 13.3. The number of nitrogens with zero attached hydrogens (tertiary/aromatic N) is 2. The molecule has 1 aromatic rings. The molecule has 0 saturated heterocycles. The Morgan fingerprint density at radius 2 is 1.76 bits per heavy atom. The van der Waals surface area contributed by atoms with Gasteiger partial charge in [0.2, 0.25) is 0 Å². The highest BCUT2D eigenvalue weighted by atomic mass is 16.6. The number of aliphatic imine (C=N–C) groups is 1. The monoisotopic (exact) mass is 620 g/mol. The molecular formula is C35H44N2O8. The fourth-order valence-electron chi connectivity index (χ4n) is 4.85. The molecule has 2 atom stereocenters. The molecule has 0 saturated carbocycles. The summed E-state index contributed by atoms with van der Waals surface area (Å²) >= 11 is 0. The second-order valence-corrected chi connectivity index (χ2v) is 13.2. The molecule has 0 aromatic heterocycles. The summed E-state index contributed by atoms with van der Waals surface area (Å²) < 4.78 is 34.3. The smallest absolute Gasteiger partial charge is 0.428 e. The number of allylic oxidation sites excluding steroid dienone is 6. The van der Waals surface area contributed by atoms with E-state index in [9.17, 15) is 9.59 Å². The van der Waals surface area contributed by atoms with Crippen LogP contribution in [0.4, 0.5) is 9.59 Å². The molecule has 10 nitrogen and oxygen atoms in total. The van der Waals surface area contributed by atoms with Gasteiger partial charge in [-0.3, -0.25) is 0 Å². The van der Waals surface area contributed by atoms with Gasteiger partial charge in [-0.05, 0) is 83.2 Å². The van der Waals surface area contributed by atoms with Crippen LogP contribution in [0.2, 0.25) is 0 Å². The second-order valence-electron chi connectivity index (χ2n) is 13.2. The first kappa shape index (κ1) is 33.8. The van der Waals surface area contributed by atoms with Crippen molar-refractivity contribution in [3.63, 3.8) is 0 Å². The number of carbonyl (C=O) groups excluding carboxylic acids is 2. The Kier molecular flexibility index (Phi) is 10.5. The van der Waals surface area contributed by atoms with E-state index in [0.717, 1.165) is 23.1 Å². The first-order valence-corrected chi connectivity index (χ1v) is 15.1. The molecule has 2 unspecified atom stereocenters. The number of hydrogen-bond acceptors (Lipinski definition) is 9. The number of imide groups is 1. The zero-order valence-electron chi connectivity index (χ0n) is 27.5. The molecule has 0 fully saturated rings. The van der Waals surface area contributed by atoms with Gasteiger partial charge in [0.25, 0.3) is 0 Å². The number of amidine groups is 1. The molecule has 0 N–H and O–H groups in total. The van der Waals surface area contributed by atoms with Crippen molar-refractivity contribution < 1.29 is 38.0 Å². The number of rotatable bonds is 2. The van der Waals surface area contributed by atoms with Gasteiger partial charge in [-0.25, -0.2) is 14.6 Å². The third kappa shape index (κ3) is 8.99. The van der Waals surface area contributed by atoms with Crippen LogP contribution in [0, 0.1) is 17.8 Å². The quantitative estimate of drug-likeness (QED) is 0.350. The van der Waals surface area contributed by atoms with Crippen LogP contribution in [0.25, 0.3) is 5.57 Å². The van der Waals surface area contributed by atoms with Crippen LogP contribution in [-0.2, 0) is 29.2 Å².